The van der Waals surface area contributed by atoms with Crippen LogP contribution in [0.2, 0.25) is 0 Å². The van der Waals surface area contributed by atoms with Crippen LogP contribution >= 0.6 is 0 Å². The van der Waals surface area contributed by atoms with Gasteiger partial charge in [0.05, 0.1) is 11.1 Å². The summed E-state index contributed by atoms with van der Waals surface area (Å²) >= 11 is 0. The van der Waals surface area contributed by atoms with Crippen LogP contribution in [0, 0.1) is 0 Å². The molecular weight excluding hydrogens is 272 g/mol. The second-order valence-electron chi connectivity index (χ2n) is 4.97. The Morgan fingerprint density at radius 1 is 1.38 bits per heavy atom. The van der Waals surface area contributed by atoms with E-state index in [1.807, 2.05) is 6.92 Å². The van der Waals surface area contributed by atoms with Crippen molar-refractivity contribution in [1.29, 1.82) is 0 Å². The lowest BCUT2D eigenvalue weighted by Crippen LogP contribution is -2.26. The quantitative estimate of drug-likeness (QED) is 0.248. The number of benzene rings is 1. The molecule has 21 heavy (non-hydrogen) atoms. The molecule has 2 amide bonds. The first kappa shape index (κ1) is 14.8. The first-order valence-electron chi connectivity index (χ1n) is 6.67. The molecule has 7 heteroatoms. The molecule has 0 aromatic heterocycles. The number of oxime groups is 1. The summed E-state index contributed by atoms with van der Waals surface area (Å²) in [6, 6.07) is 5.02. The van der Waals surface area contributed by atoms with Crippen molar-refractivity contribution < 1.29 is 14.8 Å². The molecule has 1 aromatic carbocycles. The normalized spacial score (nSPS) is 16.1. The van der Waals surface area contributed by atoms with Gasteiger partial charge in [0.25, 0.3) is 11.8 Å². The van der Waals surface area contributed by atoms with Gasteiger partial charge in [-0.25, -0.2) is 0 Å². The fourth-order valence-corrected chi connectivity index (χ4v) is 2.28. The lowest BCUT2D eigenvalue weighted by atomic mass is 10.1. The number of hydrogen-bond donors (Lipinski definition) is 3. The summed E-state index contributed by atoms with van der Waals surface area (Å²) < 4.78 is 0. The third-order valence-corrected chi connectivity index (χ3v) is 3.54. The van der Waals surface area contributed by atoms with Crippen molar-refractivity contribution in [3.05, 3.63) is 29.3 Å². The molecule has 0 spiro atoms. The van der Waals surface area contributed by atoms with E-state index in [-0.39, 0.29) is 23.7 Å². The summed E-state index contributed by atoms with van der Waals surface area (Å²) in [7, 11) is 1.46. The van der Waals surface area contributed by atoms with Crippen LogP contribution in [-0.4, -0.2) is 40.8 Å². The maximum Gasteiger partial charge on any atom is 0.261 e. The number of nitrogens with zero attached hydrogens (tertiary/aromatic N) is 2. The molecule has 1 aliphatic heterocycles. The van der Waals surface area contributed by atoms with E-state index < -0.39 is 0 Å². The number of hydrogen-bond acceptors (Lipinski definition) is 5. The Morgan fingerprint density at radius 2 is 2.05 bits per heavy atom. The van der Waals surface area contributed by atoms with Crippen molar-refractivity contribution in [2.75, 3.05) is 12.4 Å². The van der Waals surface area contributed by atoms with Gasteiger partial charge in [0.1, 0.15) is 5.84 Å². The predicted octanol–water partition coefficient (Wildman–Crippen LogP) is 1.24. The molecule has 0 saturated heterocycles. The van der Waals surface area contributed by atoms with Crippen molar-refractivity contribution in [3.8, 4) is 0 Å². The zero-order valence-electron chi connectivity index (χ0n) is 12.0. The third-order valence-electron chi connectivity index (χ3n) is 3.54. The molecule has 0 aliphatic carbocycles. The topological polar surface area (TPSA) is 108 Å². The smallest absolute Gasteiger partial charge is 0.261 e. The summed E-state index contributed by atoms with van der Waals surface area (Å²) in [5.74, 6) is -0.449. The van der Waals surface area contributed by atoms with Gasteiger partial charge in [-0.15, -0.1) is 0 Å². The van der Waals surface area contributed by atoms with E-state index in [0.29, 0.717) is 17.5 Å². The molecule has 0 radical (unpaired) electrons. The number of carbonyl (C=O) groups is 2. The van der Waals surface area contributed by atoms with E-state index in [4.69, 9.17) is 10.9 Å². The Morgan fingerprint density at radius 3 is 2.67 bits per heavy atom. The zero-order valence-corrected chi connectivity index (χ0v) is 12.0. The summed E-state index contributed by atoms with van der Waals surface area (Å²) in [5, 5.41) is 14.8. The monoisotopic (exact) mass is 290 g/mol. The van der Waals surface area contributed by atoms with Crippen molar-refractivity contribution in [2.24, 2.45) is 10.9 Å². The maximum absolute atomic E-state index is 11.9. The first-order valence-corrected chi connectivity index (χ1v) is 6.67. The van der Waals surface area contributed by atoms with Gasteiger partial charge < -0.3 is 16.3 Å². The van der Waals surface area contributed by atoms with Crippen LogP contribution in [0.3, 0.4) is 0 Å². The Balaban J connectivity index is 2.20. The Kier molecular flexibility index (Phi) is 4.11. The van der Waals surface area contributed by atoms with Crippen molar-refractivity contribution in [1.82, 2.24) is 4.90 Å². The minimum absolute atomic E-state index is 0.0242. The highest BCUT2D eigenvalue weighted by Gasteiger charge is 2.32. The van der Waals surface area contributed by atoms with Gasteiger partial charge in [-0.1, -0.05) is 12.1 Å². The highest BCUT2D eigenvalue weighted by atomic mass is 16.4. The number of carbonyl (C=O) groups excluding carboxylic acids is 2. The highest BCUT2D eigenvalue weighted by molar-refractivity contribution is 6.21. The van der Waals surface area contributed by atoms with E-state index in [9.17, 15) is 9.59 Å². The molecular formula is C14H18N4O3. The molecule has 4 N–H and O–H groups in total. The molecule has 1 aromatic rings. The van der Waals surface area contributed by atoms with Crippen LogP contribution in [0.15, 0.2) is 23.4 Å². The van der Waals surface area contributed by atoms with Gasteiger partial charge in [0.15, 0.2) is 0 Å². The Labute approximate surface area is 122 Å². The van der Waals surface area contributed by atoms with Gasteiger partial charge in [-0.3, -0.25) is 14.5 Å². The molecule has 1 heterocycles. The molecule has 112 valence electrons. The summed E-state index contributed by atoms with van der Waals surface area (Å²) in [6.07, 6.45) is 1.15. The number of imide groups is 1. The van der Waals surface area contributed by atoms with Crippen LogP contribution in [0.1, 0.15) is 40.5 Å². The highest BCUT2D eigenvalue weighted by Crippen LogP contribution is 2.25. The summed E-state index contributed by atoms with van der Waals surface area (Å²) in [5.41, 5.74) is 7.04. The number of amidine groups is 1. The van der Waals surface area contributed by atoms with Gasteiger partial charge in [-0.2, -0.15) is 0 Å². The molecule has 1 unspecified atom stereocenters. The van der Waals surface area contributed by atoms with Crippen LogP contribution in [0.5, 0.6) is 0 Å². The maximum atomic E-state index is 11.9. The number of amides is 2. The SMILES string of the molecule is CCC(CC(N)=NO)Nc1ccc2c(c1)C(=O)N(C)C2=O. The summed E-state index contributed by atoms with van der Waals surface area (Å²) in [4.78, 5) is 24.8. The molecule has 0 fully saturated rings. The number of nitrogens with two attached hydrogens (primary N) is 1. The lowest BCUT2D eigenvalue weighted by Gasteiger charge is -2.17. The second kappa shape index (κ2) is 5.82. The van der Waals surface area contributed by atoms with Gasteiger partial charge in [0, 0.05) is 25.2 Å². The predicted molar refractivity (Wildman–Crippen MR) is 78.6 cm³/mol. The van der Waals surface area contributed by atoms with Crippen molar-refractivity contribution in [3.63, 3.8) is 0 Å². The number of nitrogens with one attached hydrogen (secondary N) is 1. The molecule has 0 bridgehead atoms. The zero-order chi connectivity index (χ0) is 15.6. The summed E-state index contributed by atoms with van der Waals surface area (Å²) in [6.45, 7) is 1.97. The fourth-order valence-electron chi connectivity index (χ4n) is 2.28. The third kappa shape index (κ3) is 2.81. The molecule has 0 saturated carbocycles. The van der Waals surface area contributed by atoms with Gasteiger partial charge in [-0.05, 0) is 24.6 Å². The van der Waals surface area contributed by atoms with E-state index in [0.717, 1.165) is 17.0 Å². The van der Waals surface area contributed by atoms with Crippen LogP contribution < -0.4 is 11.1 Å². The molecule has 2 rings (SSSR count). The number of fused-ring (bicyclic) bond motifs is 1. The van der Waals surface area contributed by atoms with E-state index >= 15 is 0 Å². The van der Waals surface area contributed by atoms with Crippen LogP contribution in [0.4, 0.5) is 5.69 Å². The Bertz CT molecular complexity index is 612. The standard InChI is InChI=1S/C14H18N4O3/c1-3-8(7-12(15)17-21)16-9-4-5-10-11(6-9)14(20)18(2)13(10)19/h4-6,8,16,21H,3,7H2,1-2H3,(H2,15,17). The van der Waals surface area contributed by atoms with Crippen LogP contribution in [0.25, 0.3) is 0 Å². The second-order valence-corrected chi connectivity index (χ2v) is 4.97. The van der Waals surface area contributed by atoms with E-state index in [2.05, 4.69) is 10.5 Å². The van der Waals surface area contributed by atoms with E-state index in [1.54, 1.807) is 18.2 Å². The Hall–Kier alpha value is -2.57. The number of rotatable bonds is 5. The van der Waals surface area contributed by atoms with Crippen molar-refractivity contribution in [2.45, 2.75) is 25.8 Å². The average molecular weight is 290 g/mol. The minimum Gasteiger partial charge on any atom is -0.409 e. The number of anilines is 1. The van der Waals surface area contributed by atoms with Gasteiger partial charge >= 0.3 is 0 Å². The fraction of sp³-hybridized carbons (Fsp3) is 0.357. The minimum atomic E-state index is -0.303. The van der Waals surface area contributed by atoms with Gasteiger partial charge in [0.2, 0.25) is 0 Å². The lowest BCUT2D eigenvalue weighted by molar-refractivity contribution is 0.0693. The van der Waals surface area contributed by atoms with Crippen LogP contribution in [-0.2, 0) is 0 Å². The molecule has 1 atom stereocenters. The molecule has 7 nitrogen and oxygen atoms in total. The first-order chi connectivity index (χ1) is 9.97. The largest absolute Gasteiger partial charge is 0.409 e. The average Bonchev–Trinajstić information content (AvgIpc) is 2.71. The molecule has 1 aliphatic rings. The van der Waals surface area contributed by atoms with Crippen molar-refractivity contribution >= 4 is 23.3 Å². The van der Waals surface area contributed by atoms with E-state index in [1.165, 1.54) is 7.05 Å².